The highest BCUT2D eigenvalue weighted by molar-refractivity contribution is 5.15. The molecule has 0 spiro atoms. The van der Waals surface area contributed by atoms with E-state index in [1.165, 1.54) is 42.9 Å². The van der Waals surface area contributed by atoms with Gasteiger partial charge in [-0.3, -0.25) is 14.6 Å². The summed E-state index contributed by atoms with van der Waals surface area (Å²) < 4.78 is 1.96. The number of pyridine rings is 1. The van der Waals surface area contributed by atoms with Crippen molar-refractivity contribution < 1.29 is 0 Å². The third-order valence-electron chi connectivity index (χ3n) is 4.56. The summed E-state index contributed by atoms with van der Waals surface area (Å²) in [5.74, 6) is 0.727. The van der Waals surface area contributed by atoms with E-state index in [1.807, 2.05) is 30.2 Å². The number of aryl methyl sites for hydroxylation is 1. The average molecular weight is 284 g/mol. The molecule has 0 radical (unpaired) electrons. The molecule has 112 valence electrons. The quantitative estimate of drug-likeness (QED) is 0.865. The third-order valence-corrected chi connectivity index (χ3v) is 4.56. The normalized spacial score (nSPS) is 19.8. The first-order valence-corrected chi connectivity index (χ1v) is 7.82. The van der Waals surface area contributed by atoms with Crippen LogP contribution in [0.3, 0.4) is 0 Å². The van der Waals surface area contributed by atoms with E-state index >= 15 is 0 Å². The van der Waals surface area contributed by atoms with Crippen molar-refractivity contribution in [1.82, 2.24) is 19.7 Å². The lowest BCUT2D eigenvalue weighted by atomic mass is 9.93. The van der Waals surface area contributed by atoms with E-state index in [-0.39, 0.29) is 0 Å². The predicted octanol–water partition coefficient (Wildman–Crippen LogP) is 2.58. The van der Waals surface area contributed by atoms with Crippen LogP contribution >= 0.6 is 0 Å². The Morgan fingerprint density at radius 3 is 2.95 bits per heavy atom. The Kier molecular flexibility index (Phi) is 4.34. The maximum absolute atomic E-state index is 4.47. The number of hydrogen-bond acceptors (Lipinski definition) is 3. The maximum Gasteiger partial charge on any atom is 0.0537 e. The van der Waals surface area contributed by atoms with Crippen molar-refractivity contribution in [3.8, 4) is 0 Å². The minimum atomic E-state index is 0.727. The average Bonchev–Trinajstić information content (AvgIpc) is 2.81. The van der Waals surface area contributed by atoms with Gasteiger partial charge in [-0.1, -0.05) is 6.07 Å². The highest BCUT2D eigenvalue weighted by Crippen LogP contribution is 2.22. The van der Waals surface area contributed by atoms with Crippen LogP contribution in [0.5, 0.6) is 0 Å². The van der Waals surface area contributed by atoms with Crippen LogP contribution in [-0.4, -0.2) is 32.8 Å². The second-order valence-electron chi connectivity index (χ2n) is 6.15. The van der Waals surface area contributed by atoms with Gasteiger partial charge in [-0.05, 0) is 50.8 Å². The molecule has 0 N–H and O–H groups in total. The van der Waals surface area contributed by atoms with Crippen molar-refractivity contribution in [3.05, 3.63) is 47.5 Å². The van der Waals surface area contributed by atoms with Crippen LogP contribution in [0.2, 0.25) is 0 Å². The van der Waals surface area contributed by atoms with Gasteiger partial charge in [-0.25, -0.2) is 0 Å². The molecule has 1 aliphatic heterocycles. The van der Waals surface area contributed by atoms with Crippen molar-refractivity contribution in [2.24, 2.45) is 13.0 Å². The fourth-order valence-corrected chi connectivity index (χ4v) is 3.22. The molecule has 0 unspecified atom stereocenters. The van der Waals surface area contributed by atoms with Gasteiger partial charge in [-0.15, -0.1) is 0 Å². The van der Waals surface area contributed by atoms with Gasteiger partial charge in [0.1, 0.15) is 0 Å². The molecule has 1 atom stereocenters. The zero-order chi connectivity index (χ0) is 14.7. The number of nitrogens with zero attached hydrogens (tertiary/aromatic N) is 4. The summed E-state index contributed by atoms with van der Waals surface area (Å²) in [6.07, 6.45) is 7.62. The first-order valence-electron chi connectivity index (χ1n) is 7.82. The van der Waals surface area contributed by atoms with Gasteiger partial charge in [0.05, 0.1) is 6.20 Å². The van der Waals surface area contributed by atoms with E-state index in [4.69, 9.17) is 0 Å². The summed E-state index contributed by atoms with van der Waals surface area (Å²) in [5, 5.41) is 4.35. The fraction of sp³-hybridized carbons (Fsp3) is 0.529. The lowest BCUT2D eigenvalue weighted by molar-refractivity contribution is 0.166. The molecule has 3 heterocycles. The second kappa shape index (κ2) is 6.39. The van der Waals surface area contributed by atoms with Crippen LogP contribution in [0.25, 0.3) is 0 Å². The van der Waals surface area contributed by atoms with E-state index in [2.05, 4.69) is 34.0 Å². The van der Waals surface area contributed by atoms with Crippen molar-refractivity contribution >= 4 is 0 Å². The highest BCUT2D eigenvalue weighted by Gasteiger charge is 2.21. The van der Waals surface area contributed by atoms with Gasteiger partial charge in [0, 0.05) is 43.3 Å². The molecule has 1 aliphatic rings. The largest absolute Gasteiger partial charge is 0.299 e. The first-order chi connectivity index (χ1) is 10.2. The van der Waals surface area contributed by atoms with Crippen LogP contribution in [0, 0.1) is 12.8 Å². The van der Waals surface area contributed by atoms with Gasteiger partial charge in [0.25, 0.3) is 0 Å². The highest BCUT2D eigenvalue weighted by atomic mass is 15.3. The van der Waals surface area contributed by atoms with E-state index < -0.39 is 0 Å². The summed E-state index contributed by atoms with van der Waals surface area (Å²) in [6, 6.07) is 6.22. The first kappa shape index (κ1) is 14.3. The van der Waals surface area contributed by atoms with E-state index in [1.54, 1.807) is 0 Å². The Labute approximate surface area is 126 Å². The lowest BCUT2D eigenvalue weighted by Gasteiger charge is -2.32. The smallest absolute Gasteiger partial charge is 0.0537 e. The Morgan fingerprint density at radius 1 is 1.33 bits per heavy atom. The molecule has 0 amide bonds. The molecule has 2 aromatic rings. The Hall–Kier alpha value is -1.68. The molecular weight excluding hydrogens is 260 g/mol. The standard InChI is InChI=1S/C17H24N4/c1-14-16(11-19-20(14)2)13-21-9-5-6-15(12-21)10-17-7-3-4-8-18-17/h3-4,7-8,11,15H,5-6,9-10,12-13H2,1-2H3/t15-/m0/s1. The molecule has 0 bridgehead atoms. The zero-order valence-corrected chi connectivity index (χ0v) is 13.0. The summed E-state index contributed by atoms with van der Waals surface area (Å²) in [6.45, 7) is 5.55. The molecule has 21 heavy (non-hydrogen) atoms. The number of aromatic nitrogens is 3. The maximum atomic E-state index is 4.47. The summed E-state index contributed by atoms with van der Waals surface area (Å²) in [5.41, 5.74) is 3.86. The van der Waals surface area contributed by atoms with E-state index in [0.29, 0.717) is 0 Å². The van der Waals surface area contributed by atoms with Gasteiger partial charge in [0.2, 0.25) is 0 Å². The third kappa shape index (κ3) is 3.50. The number of piperidine rings is 1. The topological polar surface area (TPSA) is 34.0 Å². The van der Waals surface area contributed by atoms with E-state index in [9.17, 15) is 0 Å². The number of hydrogen-bond donors (Lipinski definition) is 0. The van der Waals surface area contributed by atoms with Crippen LogP contribution in [0.1, 0.15) is 29.8 Å². The summed E-state index contributed by atoms with van der Waals surface area (Å²) in [7, 11) is 2.01. The molecular formula is C17H24N4. The molecule has 2 aromatic heterocycles. The Morgan fingerprint density at radius 2 is 2.24 bits per heavy atom. The van der Waals surface area contributed by atoms with E-state index in [0.717, 1.165) is 18.9 Å². The van der Waals surface area contributed by atoms with Gasteiger partial charge < -0.3 is 0 Å². The minimum absolute atomic E-state index is 0.727. The number of likely N-dealkylation sites (tertiary alicyclic amines) is 1. The molecule has 1 saturated heterocycles. The molecule has 1 fully saturated rings. The summed E-state index contributed by atoms with van der Waals surface area (Å²) >= 11 is 0. The van der Waals surface area contributed by atoms with Gasteiger partial charge in [-0.2, -0.15) is 5.10 Å². The SMILES string of the molecule is Cc1c(CN2CCC[C@@H](Cc3ccccn3)C2)cnn1C. The van der Waals surface area contributed by atoms with Crippen LogP contribution in [-0.2, 0) is 20.0 Å². The lowest BCUT2D eigenvalue weighted by Crippen LogP contribution is -2.35. The Balaban J connectivity index is 1.59. The van der Waals surface area contributed by atoms with Crippen LogP contribution in [0.15, 0.2) is 30.6 Å². The molecule has 0 aromatic carbocycles. The second-order valence-corrected chi connectivity index (χ2v) is 6.15. The molecule has 3 rings (SSSR count). The fourth-order valence-electron chi connectivity index (χ4n) is 3.22. The molecule has 4 nitrogen and oxygen atoms in total. The van der Waals surface area contributed by atoms with Gasteiger partial charge in [0.15, 0.2) is 0 Å². The monoisotopic (exact) mass is 284 g/mol. The zero-order valence-electron chi connectivity index (χ0n) is 13.0. The van der Waals surface area contributed by atoms with Crippen molar-refractivity contribution in [2.45, 2.75) is 32.7 Å². The van der Waals surface area contributed by atoms with Gasteiger partial charge >= 0.3 is 0 Å². The molecule has 0 aliphatic carbocycles. The number of rotatable bonds is 4. The van der Waals surface area contributed by atoms with Crippen LogP contribution < -0.4 is 0 Å². The molecule has 4 heteroatoms. The summed E-state index contributed by atoms with van der Waals surface area (Å²) in [4.78, 5) is 7.04. The van der Waals surface area contributed by atoms with Crippen molar-refractivity contribution in [3.63, 3.8) is 0 Å². The Bertz CT molecular complexity index is 576. The molecule has 0 saturated carbocycles. The minimum Gasteiger partial charge on any atom is -0.299 e. The van der Waals surface area contributed by atoms with Crippen molar-refractivity contribution in [2.75, 3.05) is 13.1 Å². The predicted molar refractivity (Wildman–Crippen MR) is 83.9 cm³/mol. The van der Waals surface area contributed by atoms with Crippen molar-refractivity contribution in [1.29, 1.82) is 0 Å². The van der Waals surface area contributed by atoms with Crippen LogP contribution in [0.4, 0.5) is 0 Å².